The van der Waals surface area contributed by atoms with Crippen molar-refractivity contribution in [2.45, 2.75) is 6.92 Å². The molecule has 0 amide bonds. The molecule has 0 aliphatic heterocycles. The third kappa shape index (κ3) is 4.85. The average molecular weight is 466 g/mol. The molecule has 0 atom stereocenters. The molecule has 0 radical (unpaired) electrons. The number of ether oxygens (including phenoxy) is 2. The van der Waals surface area contributed by atoms with Gasteiger partial charge in [-0.15, -0.1) is 11.3 Å². The summed E-state index contributed by atoms with van der Waals surface area (Å²) >= 11 is 1.31. The second kappa shape index (κ2) is 9.79. The van der Waals surface area contributed by atoms with Crippen molar-refractivity contribution >= 4 is 22.7 Å². The predicted molar refractivity (Wildman–Crippen MR) is 126 cm³/mol. The summed E-state index contributed by atoms with van der Waals surface area (Å²) in [4.78, 5) is 4.96. The van der Waals surface area contributed by atoms with Gasteiger partial charge in [0.05, 0.1) is 25.6 Å². The molecule has 0 bridgehead atoms. The number of thiazole rings is 1. The van der Waals surface area contributed by atoms with E-state index in [2.05, 4.69) is 4.99 Å². The summed E-state index contributed by atoms with van der Waals surface area (Å²) in [5.41, 5.74) is 3.00. The van der Waals surface area contributed by atoms with Crippen LogP contribution in [-0.4, -0.2) is 24.6 Å². The van der Waals surface area contributed by atoms with E-state index >= 15 is 0 Å². The number of rotatable bonds is 6. The van der Waals surface area contributed by atoms with Crippen LogP contribution >= 0.6 is 11.3 Å². The maximum atomic E-state index is 14.3. The lowest BCUT2D eigenvalue weighted by molar-refractivity contribution is 0.402. The van der Waals surface area contributed by atoms with Crippen LogP contribution in [0.4, 0.5) is 14.5 Å². The maximum Gasteiger partial charge on any atom is 0.211 e. The lowest BCUT2D eigenvalue weighted by Gasteiger charge is -2.11. The van der Waals surface area contributed by atoms with Crippen molar-refractivity contribution in [3.8, 4) is 22.8 Å². The predicted octanol–water partition coefficient (Wildman–Crippen LogP) is 6.02. The third-order valence-electron chi connectivity index (χ3n) is 4.94. The molecule has 0 saturated carbocycles. The van der Waals surface area contributed by atoms with E-state index < -0.39 is 5.82 Å². The van der Waals surface area contributed by atoms with E-state index in [0.717, 1.165) is 11.1 Å². The Hall–Kier alpha value is -3.78. The standard InChI is InChI=1S/C25H21F2N3O2S/c1-16(20-14-19(31-2)12-13-24(20)32-3)29-30-23(17-8-10-18(26)11-9-17)15-33-25(30)28-22-7-5-4-6-21(22)27/h4-15H,1-3H3/b28-25?,29-16+. The molecule has 5 nitrogen and oxygen atoms in total. The molecule has 0 aliphatic rings. The number of hydrogen-bond acceptors (Lipinski definition) is 5. The number of nitrogens with zero attached hydrogens (tertiary/aromatic N) is 3. The van der Waals surface area contributed by atoms with Crippen LogP contribution in [0.1, 0.15) is 12.5 Å². The first kappa shape index (κ1) is 22.4. The molecule has 0 saturated heterocycles. The summed E-state index contributed by atoms with van der Waals surface area (Å²) in [6.45, 7) is 1.84. The van der Waals surface area contributed by atoms with Crippen molar-refractivity contribution in [3.05, 3.63) is 94.1 Å². The smallest absolute Gasteiger partial charge is 0.211 e. The van der Waals surface area contributed by atoms with Gasteiger partial charge in [-0.25, -0.2) is 18.4 Å². The summed E-state index contributed by atoms with van der Waals surface area (Å²) in [5, 5.41) is 6.65. The zero-order valence-electron chi connectivity index (χ0n) is 18.3. The van der Waals surface area contributed by atoms with Crippen LogP contribution in [0.5, 0.6) is 11.5 Å². The molecular formula is C25H21F2N3O2S. The van der Waals surface area contributed by atoms with E-state index in [1.54, 1.807) is 61.4 Å². The zero-order valence-corrected chi connectivity index (χ0v) is 19.1. The summed E-state index contributed by atoms with van der Waals surface area (Å²) < 4.78 is 40.3. The minimum Gasteiger partial charge on any atom is -0.497 e. The SMILES string of the molecule is COc1ccc(OC)c(/C(C)=N/n2c(-c3ccc(F)cc3)csc2=Nc2ccccc2F)c1. The van der Waals surface area contributed by atoms with Crippen molar-refractivity contribution in [3.63, 3.8) is 0 Å². The van der Waals surface area contributed by atoms with Gasteiger partial charge in [-0.2, -0.15) is 5.10 Å². The Morgan fingerprint density at radius 3 is 2.39 bits per heavy atom. The van der Waals surface area contributed by atoms with Crippen molar-refractivity contribution < 1.29 is 18.3 Å². The number of halogens is 2. The van der Waals surface area contributed by atoms with Gasteiger partial charge >= 0.3 is 0 Å². The van der Waals surface area contributed by atoms with Gasteiger partial charge in [0.25, 0.3) is 0 Å². The second-order valence-corrected chi connectivity index (χ2v) is 7.87. The Morgan fingerprint density at radius 1 is 0.939 bits per heavy atom. The molecule has 4 rings (SSSR count). The van der Waals surface area contributed by atoms with Crippen LogP contribution in [-0.2, 0) is 0 Å². The first-order valence-electron chi connectivity index (χ1n) is 10.0. The minimum atomic E-state index is -0.434. The van der Waals surface area contributed by atoms with Crippen LogP contribution in [0.3, 0.4) is 0 Å². The van der Waals surface area contributed by atoms with E-state index in [1.807, 2.05) is 18.4 Å². The lowest BCUT2D eigenvalue weighted by Crippen LogP contribution is -2.14. The van der Waals surface area contributed by atoms with E-state index in [-0.39, 0.29) is 11.5 Å². The maximum absolute atomic E-state index is 14.3. The minimum absolute atomic E-state index is 0.200. The topological polar surface area (TPSA) is 48.1 Å². The number of hydrogen-bond donors (Lipinski definition) is 0. The highest BCUT2D eigenvalue weighted by Crippen LogP contribution is 2.26. The fourth-order valence-electron chi connectivity index (χ4n) is 3.24. The van der Waals surface area contributed by atoms with Crippen molar-refractivity contribution in [2.75, 3.05) is 14.2 Å². The second-order valence-electron chi connectivity index (χ2n) is 7.04. The highest BCUT2D eigenvalue weighted by Gasteiger charge is 2.13. The molecule has 0 spiro atoms. The van der Waals surface area contributed by atoms with Crippen LogP contribution in [0.2, 0.25) is 0 Å². The molecule has 0 aliphatic carbocycles. The number of methoxy groups -OCH3 is 2. The number of para-hydroxylation sites is 1. The summed E-state index contributed by atoms with van der Waals surface area (Å²) in [5.74, 6) is 0.517. The van der Waals surface area contributed by atoms with Gasteiger partial charge in [-0.1, -0.05) is 12.1 Å². The summed E-state index contributed by atoms with van der Waals surface area (Å²) in [7, 11) is 3.17. The van der Waals surface area contributed by atoms with Crippen molar-refractivity contribution in [2.24, 2.45) is 10.1 Å². The molecule has 0 N–H and O–H groups in total. The van der Waals surface area contributed by atoms with Crippen molar-refractivity contribution in [1.29, 1.82) is 0 Å². The van der Waals surface area contributed by atoms with Gasteiger partial charge in [0.15, 0.2) is 0 Å². The summed E-state index contributed by atoms with van der Waals surface area (Å²) in [6.07, 6.45) is 0. The normalized spacial score (nSPS) is 12.2. The van der Waals surface area contributed by atoms with E-state index in [1.165, 1.54) is 29.5 Å². The molecular weight excluding hydrogens is 444 g/mol. The Morgan fingerprint density at radius 2 is 1.70 bits per heavy atom. The Kier molecular flexibility index (Phi) is 6.65. The van der Waals surface area contributed by atoms with Crippen LogP contribution in [0.15, 0.2) is 82.2 Å². The Bertz CT molecular complexity index is 1380. The average Bonchev–Trinajstić information content (AvgIpc) is 3.22. The molecule has 1 heterocycles. The molecule has 33 heavy (non-hydrogen) atoms. The molecule has 0 fully saturated rings. The Balaban J connectivity index is 1.93. The van der Waals surface area contributed by atoms with E-state index in [0.29, 0.717) is 27.7 Å². The van der Waals surface area contributed by atoms with E-state index in [4.69, 9.17) is 14.6 Å². The monoisotopic (exact) mass is 465 g/mol. The fraction of sp³-hybridized carbons (Fsp3) is 0.120. The largest absolute Gasteiger partial charge is 0.497 e. The lowest BCUT2D eigenvalue weighted by atomic mass is 10.1. The highest BCUT2D eigenvalue weighted by molar-refractivity contribution is 7.07. The van der Waals surface area contributed by atoms with E-state index in [9.17, 15) is 8.78 Å². The molecule has 4 aromatic rings. The first-order chi connectivity index (χ1) is 16.0. The quantitative estimate of drug-likeness (QED) is 0.327. The molecule has 0 unspecified atom stereocenters. The van der Waals surface area contributed by atoms with Gasteiger partial charge in [0.2, 0.25) is 4.80 Å². The van der Waals surface area contributed by atoms with Gasteiger partial charge in [-0.05, 0) is 61.5 Å². The fourth-order valence-corrected chi connectivity index (χ4v) is 4.08. The summed E-state index contributed by atoms with van der Waals surface area (Å²) in [6, 6.07) is 17.8. The van der Waals surface area contributed by atoms with Crippen LogP contribution in [0, 0.1) is 11.6 Å². The van der Waals surface area contributed by atoms with Crippen LogP contribution in [0.25, 0.3) is 11.3 Å². The van der Waals surface area contributed by atoms with Gasteiger partial charge in [0.1, 0.15) is 28.8 Å². The van der Waals surface area contributed by atoms with Gasteiger partial charge in [-0.3, -0.25) is 0 Å². The van der Waals surface area contributed by atoms with Gasteiger partial charge in [0, 0.05) is 16.5 Å². The highest BCUT2D eigenvalue weighted by atomic mass is 32.1. The van der Waals surface area contributed by atoms with Crippen molar-refractivity contribution in [1.82, 2.24) is 4.68 Å². The first-order valence-corrected chi connectivity index (χ1v) is 10.9. The number of aromatic nitrogens is 1. The molecule has 1 aromatic heterocycles. The number of benzene rings is 3. The molecule has 3 aromatic carbocycles. The van der Waals surface area contributed by atoms with Crippen LogP contribution < -0.4 is 14.3 Å². The Labute approximate surface area is 193 Å². The zero-order chi connectivity index (χ0) is 23.4. The molecule has 168 valence electrons. The third-order valence-corrected chi connectivity index (χ3v) is 5.76. The van der Waals surface area contributed by atoms with Gasteiger partial charge < -0.3 is 9.47 Å². The molecule has 8 heteroatoms.